The van der Waals surface area contributed by atoms with Crippen molar-refractivity contribution in [2.24, 2.45) is 0 Å². The van der Waals surface area contributed by atoms with Crippen molar-refractivity contribution in [3.8, 4) is 11.4 Å². The van der Waals surface area contributed by atoms with Gasteiger partial charge >= 0.3 is 0 Å². The summed E-state index contributed by atoms with van der Waals surface area (Å²) in [6.45, 7) is 5.70. The molecule has 0 fully saturated rings. The van der Waals surface area contributed by atoms with E-state index in [2.05, 4.69) is 29.0 Å². The average molecular weight is 334 g/mol. The molecule has 2 aromatic heterocycles. The maximum Gasteiger partial charge on any atom is 0.233 e. The van der Waals surface area contributed by atoms with Crippen LogP contribution >= 0.6 is 11.8 Å². The largest absolute Gasteiger partial charge is 0.342 e. The Kier molecular flexibility index (Phi) is 6.40. The number of thioether (sulfide) groups is 1. The van der Waals surface area contributed by atoms with Gasteiger partial charge in [-0.2, -0.15) is 0 Å². The first-order valence-corrected chi connectivity index (χ1v) is 8.67. The van der Waals surface area contributed by atoms with Gasteiger partial charge in [0.2, 0.25) is 11.1 Å². The lowest BCUT2D eigenvalue weighted by molar-refractivity contribution is -0.128. The van der Waals surface area contributed by atoms with E-state index in [1.165, 1.54) is 16.4 Å². The van der Waals surface area contributed by atoms with E-state index in [9.17, 15) is 4.79 Å². The summed E-state index contributed by atoms with van der Waals surface area (Å²) < 4.78 is 1.40. The number of aromatic nitrogens is 4. The van der Waals surface area contributed by atoms with Crippen molar-refractivity contribution in [1.29, 1.82) is 0 Å². The number of nitrogens with zero attached hydrogens (tertiary/aromatic N) is 5. The molecule has 2 aromatic rings. The van der Waals surface area contributed by atoms with E-state index in [4.69, 9.17) is 5.84 Å². The van der Waals surface area contributed by atoms with E-state index >= 15 is 0 Å². The predicted molar refractivity (Wildman–Crippen MR) is 91.3 cm³/mol. The zero-order valence-electron chi connectivity index (χ0n) is 13.5. The highest BCUT2D eigenvalue weighted by molar-refractivity contribution is 7.99. The first-order valence-electron chi connectivity index (χ1n) is 7.68. The van der Waals surface area contributed by atoms with E-state index in [1.807, 2.05) is 17.0 Å². The lowest BCUT2D eigenvalue weighted by Crippen LogP contribution is -2.33. The van der Waals surface area contributed by atoms with Crippen molar-refractivity contribution in [3.05, 3.63) is 24.5 Å². The summed E-state index contributed by atoms with van der Waals surface area (Å²) in [7, 11) is 0. The summed E-state index contributed by atoms with van der Waals surface area (Å²) in [5.74, 6) is 6.98. The van der Waals surface area contributed by atoms with Crippen LogP contribution in [0.15, 0.2) is 29.7 Å². The van der Waals surface area contributed by atoms with Crippen LogP contribution < -0.4 is 5.84 Å². The van der Waals surface area contributed by atoms with Crippen molar-refractivity contribution in [1.82, 2.24) is 24.8 Å². The number of nitrogens with two attached hydrogens (primary N) is 1. The smallest absolute Gasteiger partial charge is 0.233 e. The summed E-state index contributed by atoms with van der Waals surface area (Å²) in [6, 6.07) is 3.68. The lowest BCUT2D eigenvalue weighted by atomic mass is 10.3. The van der Waals surface area contributed by atoms with Crippen molar-refractivity contribution in [3.63, 3.8) is 0 Å². The number of nitrogen functional groups attached to an aromatic ring is 1. The molecule has 0 aliphatic carbocycles. The van der Waals surface area contributed by atoms with Crippen LogP contribution in [0.1, 0.15) is 26.7 Å². The number of amides is 1. The molecule has 0 aliphatic heterocycles. The van der Waals surface area contributed by atoms with Gasteiger partial charge in [-0.25, -0.2) is 4.68 Å². The predicted octanol–water partition coefficient (Wildman–Crippen LogP) is 1.79. The Balaban J connectivity index is 2.01. The number of hydrogen-bond acceptors (Lipinski definition) is 6. The van der Waals surface area contributed by atoms with Crippen LogP contribution in [0.2, 0.25) is 0 Å². The molecule has 2 N–H and O–H groups in total. The summed E-state index contributed by atoms with van der Waals surface area (Å²) in [6.07, 6.45) is 5.27. The third-order valence-electron chi connectivity index (χ3n) is 3.25. The van der Waals surface area contributed by atoms with Crippen LogP contribution in [0.4, 0.5) is 0 Å². The number of hydrogen-bond donors (Lipinski definition) is 1. The second-order valence-electron chi connectivity index (χ2n) is 5.09. The Morgan fingerprint density at radius 1 is 1.30 bits per heavy atom. The molecule has 124 valence electrons. The molecule has 0 aromatic carbocycles. The molecular weight excluding hydrogens is 312 g/mol. The van der Waals surface area contributed by atoms with Gasteiger partial charge in [-0.15, -0.1) is 10.2 Å². The zero-order valence-corrected chi connectivity index (χ0v) is 14.3. The topological polar surface area (TPSA) is 89.9 Å². The van der Waals surface area contributed by atoms with Crippen molar-refractivity contribution in [2.75, 3.05) is 24.7 Å². The fourth-order valence-electron chi connectivity index (χ4n) is 2.19. The Morgan fingerprint density at radius 2 is 2.04 bits per heavy atom. The molecule has 1 amide bonds. The Bertz CT molecular complexity index is 624. The SMILES string of the molecule is CCCN(CCC)C(=O)CSc1nnc(-c2cccnc2)n1N. The minimum atomic E-state index is 0.102. The van der Waals surface area contributed by atoms with Gasteiger partial charge in [0, 0.05) is 31.0 Å². The molecule has 0 spiro atoms. The third kappa shape index (κ3) is 4.44. The molecule has 0 saturated carbocycles. The van der Waals surface area contributed by atoms with Crippen molar-refractivity contribution in [2.45, 2.75) is 31.8 Å². The first-order chi connectivity index (χ1) is 11.2. The summed E-state index contributed by atoms with van der Waals surface area (Å²) in [4.78, 5) is 18.2. The van der Waals surface area contributed by atoms with Gasteiger partial charge in [-0.1, -0.05) is 25.6 Å². The lowest BCUT2D eigenvalue weighted by Gasteiger charge is -2.20. The van der Waals surface area contributed by atoms with E-state index in [0.717, 1.165) is 31.5 Å². The van der Waals surface area contributed by atoms with Gasteiger partial charge in [0.15, 0.2) is 5.82 Å². The normalized spacial score (nSPS) is 10.7. The van der Waals surface area contributed by atoms with Crippen LogP contribution in [0.25, 0.3) is 11.4 Å². The second-order valence-corrected chi connectivity index (χ2v) is 6.03. The van der Waals surface area contributed by atoms with E-state index in [0.29, 0.717) is 16.7 Å². The summed E-state index contributed by atoms with van der Waals surface area (Å²) >= 11 is 1.30. The van der Waals surface area contributed by atoms with Crippen LogP contribution in [-0.2, 0) is 4.79 Å². The molecule has 7 nitrogen and oxygen atoms in total. The van der Waals surface area contributed by atoms with Gasteiger partial charge in [0.25, 0.3) is 0 Å². The molecule has 0 atom stereocenters. The van der Waals surface area contributed by atoms with E-state index < -0.39 is 0 Å². The highest BCUT2D eigenvalue weighted by Crippen LogP contribution is 2.21. The maximum atomic E-state index is 12.3. The molecule has 0 saturated heterocycles. The van der Waals surface area contributed by atoms with Gasteiger partial charge in [-0.3, -0.25) is 9.78 Å². The average Bonchev–Trinajstić information content (AvgIpc) is 2.94. The highest BCUT2D eigenvalue weighted by Gasteiger charge is 2.16. The molecule has 2 heterocycles. The zero-order chi connectivity index (χ0) is 16.7. The molecule has 0 unspecified atom stereocenters. The highest BCUT2D eigenvalue weighted by atomic mass is 32.2. The van der Waals surface area contributed by atoms with Gasteiger partial charge in [0.05, 0.1) is 5.75 Å². The molecular formula is C15H22N6OS. The standard InChI is InChI=1S/C15H22N6OS/c1-3-8-20(9-4-2)13(22)11-23-15-19-18-14(21(15)16)12-6-5-7-17-10-12/h5-7,10H,3-4,8-9,11,16H2,1-2H3. The molecule has 8 heteroatoms. The van der Waals surface area contributed by atoms with Crippen LogP contribution in [0.5, 0.6) is 0 Å². The fraction of sp³-hybridized carbons (Fsp3) is 0.467. The Morgan fingerprint density at radius 3 is 2.65 bits per heavy atom. The molecule has 0 radical (unpaired) electrons. The number of rotatable bonds is 8. The van der Waals surface area contributed by atoms with E-state index in [-0.39, 0.29) is 5.91 Å². The number of carbonyl (C=O) groups is 1. The Hall–Kier alpha value is -2.09. The molecule has 0 aliphatic rings. The summed E-state index contributed by atoms with van der Waals surface area (Å²) in [5.41, 5.74) is 0.791. The van der Waals surface area contributed by atoms with Crippen LogP contribution in [-0.4, -0.2) is 49.5 Å². The van der Waals surface area contributed by atoms with Crippen molar-refractivity contribution < 1.29 is 4.79 Å². The fourth-order valence-corrected chi connectivity index (χ4v) is 2.95. The molecule has 23 heavy (non-hydrogen) atoms. The van der Waals surface area contributed by atoms with Crippen LogP contribution in [0, 0.1) is 0 Å². The molecule has 2 rings (SSSR count). The number of carbonyl (C=O) groups excluding carboxylic acids is 1. The monoisotopic (exact) mass is 334 g/mol. The van der Waals surface area contributed by atoms with Gasteiger partial charge in [0.1, 0.15) is 0 Å². The number of pyridine rings is 1. The third-order valence-corrected chi connectivity index (χ3v) is 4.18. The quantitative estimate of drug-likeness (QED) is 0.585. The molecule has 0 bridgehead atoms. The summed E-state index contributed by atoms with van der Waals surface area (Å²) in [5, 5.41) is 8.67. The first kappa shape index (κ1) is 17.3. The van der Waals surface area contributed by atoms with Gasteiger partial charge in [-0.05, 0) is 25.0 Å². The van der Waals surface area contributed by atoms with Crippen LogP contribution in [0.3, 0.4) is 0 Å². The minimum absolute atomic E-state index is 0.102. The maximum absolute atomic E-state index is 12.3. The Labute approximate surface area is 140 Å². The minimum Gasteiger partial charge on any atom is -0.342 e. The van der Waals surface area contributed by atoms with Gasteiger partial charge < -0.3 is 10.7 Å². The van der Waals surface area contributed by atoms with E-state index in [1.54, 1.807) is 12.4 Å². The van der Waals surface area contributed by atoms with Crippen molar-refractivity contribution >= 4 is 17.7 Å². The second kappa shape index (κ2) is 8.52.